The molecule has 0 saturated heterocycles. The van der Waals surface area contributed by atoms with Gasteiger partial charge in [0, 0.05) is 6.04 Å². The van der Waals surface area contributed by atoms with Gasteiger partial charge in [-0.3, -0.25) is 4.79 Å². The summed E-state index contributed by atoms with van der Waals surface area (Å²) < 4.78 is 0. The summed E-state index contributed by atoms with van der Waals surface area (Å²) in [6, 6.07) is 8.82. The SMILES string of the molecule is N=N.NC(CC(=O)O)c1ccccc1. The van der Waals surface area contributed by atoms with Gasteiger partial charge in [-0.25, -0.2) is 11.1 Å². The Bertz CT molecular complexity index is 277. The first kappa shape index (κ1) is 12.2. The number of nitrogens with one attached hydrogen (secondary N) is 2. The molecule has 0 spiro atoms. The molecule has 14 heavy (non-hydrogen) atoms. The monoisotopic (exact) mass is 195 g/mol. The van der Waals surface area contributed by atoms with Crippen LogP contribution in [0.3, 0.4) is 0 Å². The van der Waals surface area contributed by atoms with Crippen molar-refractivity contribution >= 4 is 5.97 Å². The van der Waals surface area contributed by atoms with Crippen molar-refractivity contribution in [3.63, 3.8) is 0 Å². The summed E-state index contributed by atoms with van der Waals surface area (Å²) in [5.41, 5.74) is 16.5. The molecule has 5 nitrogen and oxygen atoms in total. The van der Waals surface area contributed by atoms with Crippen molar-refractivity contribution in [2.45, 2.75) is 12.5 Å². The first-order valence-electron chi connectivity index (χ1n) is 3.97. The standard InChI is InChI=1S/C9H11NO2.H2N2/c10-8(6-9(11)12)7-4-2-1-3-5-7;1-2/h1-5,8H,6,10H2,(H,11,12);1-2H. The zero-order valence-corrected chi connectivity index (χ0v) is 7.60. The largest absolute Gasteiger partial charge is 0.481 e. The van der Waals surface area contributed by atoms with E-state index >= 15 is 0 Å². The third-order valence-electron chi connectivity index (χ3n) is 1.62. The minimum Gasteiger partial charge on any atom is -0.481 e. The Morgan fingerprint density at radius 2 is 1.86 bits per heavy atom. The second kappa shape index (κ2) is 6.73. The molecule has 0 amide bonds. The molecule has 1 aromatic carbocycles. The normalized spacial score (nSPS) is 10.9. The van der Waals surface area contributed by atoms with Crippen LogP contribution in [0.4, 0.5) is 0 Å². The van der Waals surface area contributed by atoms with Gasteiger partial charge in [0.15, 0.2) is 0 Å². The number of aliphatic carboxylic acids is 1. The van der Waals surface area contributed by atoms with E-state index in [4.69, 9.17) is 21.9 Å². The molecule has 1 rings (SSSR count). The number of nitrogens with two attached hydrogens (primary N) is 1. The van der Waals surface area contributed by atoms with Crippen LogP contribution >= 0.6 is 0 Å². The van der Waals surface area contributed by atoms with Crippen LogP contribution < -0.4 is 5.73 Å². The Hall–Kier alpha value is -1.75. The maximum absolute atomic E-state index is 10.3. The van der Waals surface area contributed by atoms with Crippen molar-refractivity contribution in [3.8, 4) is 0 Å². The molecule has 0 fully saturated rings. The van der Waals surface area contributed by atoms with Gasteiger partial charge >= 0.3 is 5.97 Å². The van der Waals surface area contributed by atoms with E-state index in [9.17, 15) is 4.79 Å². The van der Waals surface area contributed by atoms with Gasteiger partial charge in [-0.1, -0.05) is 30.3 Å². The first-order valence-corrected chi connectivity index (χ1v) is 3.97. The molecular formula is C9H13N3O2. The van der Waals surface area contributed by atoms with Crippen molar-refractivity contribution in [3.05, 3.63) is 35.9 Å². The number of hydrogen-bond donors (Lipinski definition) is 4. The van der Waals surface area contributed by atoms with E-state index in [0.717, 1.165) is 5.56 Å². The zero-order valence-electron chi connectivity index (χ0n) is 7.60. The minimum atomic E-state index is -0.869. The average Bonchev–Trinajstić information content (AvgIpc) is 2.21. The van der Waals surface area contributed by atoms with Crippen LogP contribution in [0, 0.1) is 11.1 Å². The van der Waals surface area contributed by atoms with Crippen molar-refractivity contribution in [2.75, 3.05) is 0 Å². The van der Waals surface area contributed by atoms with Crippen LogP contribution in [-0.4, -0.2) is 11.1 Å². The number of carboxylic acids is 1. The summed E-state index contributed by atoms with van der Waals surface area (Å²) in [5.74, 6) is -0.869. The Labute approximate surface area is 81.9 Å². The fourth-order valence-electron chi connectivity index (χ4n) is 1.01. The van der Waals surface area contributed by atoms with E-state index in [1.165, 1.54) is 0 Å². The number of benzene rings is 1. The van der Waals surface area contributed by atoms with Crippen molar-refractivity contribution in [1.82, 2.24) is 0 Å². The maximum Gasteiger partial charge on any atom is 0.305 e. The maximum atomic E-state index is 10.3. The number of carbonyl (C=O) groups is 1. The van der Waals surface area contributed by atoms with E-state index in [0.29, 0.717) is 0 Å². The molecule has 1 unspecified atom stereocenters. The number of carboxylic acid groups (broad SMARTS) is 1. The molecule has 0 radical (unpaired) electrons. The summed E-state index contributed by atoms with van der Waals surface area (Å²) in [5, 5.41) is 8.47. The predicted octanol–water partition coefficient (Wildman–Crippen LogP) is 1.76. The summed E-state index contributed by atoms with van der Waals surface area (Å²) >= 11 is 0. The second-order valence-corrected chi connectivity index (χ2v) is 2.62. The van der Waals surface area contributed by atoms with Gasteiger partial charge in [-0.05, 0) is 5.56 Å². The zero-order chi connectivity index (χ0) is 11.0. The van der Waals surface area contributed by atoms with Crippen molar-refractivity contribution in [2.24, 2.45) is 5.73 Å². The highest BCUT2D eigenvalue weighted by molar-refractivity contribution is 5.67. The predicted molar refractivity (Wildman–Crippen MR) is 51.1 cm³/mol. The number of rotatable bonds is 3. The van der Waals surface area contributed by atoms with Gasteiger partial charge in [0.2, 0.25) is 0 Å². The molecule has 5 N–H and O–H groups in total. The summed E-state index contributed by atoms with van der Waals surface area (Å²) in [6.07, 6.45) is -0.0238. The Balaban J connectivity index is 0.000000791. The van der Waals surface area contributed by atoms with E-state index in [1.54, 1.807) is 0 Å². The highest BCUT2D eigenvalue weighted by Crippen LogP contribution is 2.12. The lowest BCUT2D eigenvalue weighted by molar-refractivity contribution is -0.137. The highest BCUT2D eigenvalue weighted by Gasteiger charge is 2.08. The van der Waals surface area contributed by atoms with E-state index in [-0.39, 0.29) is 6.42 Å². The molecule has 1 aromatic rings. The third-order valence-corrected chi connectivity index (χ3v) is 1.62. The van der Waals surface area contributed by atoms with Crippen LogP contribution in [0.25, 0.3) is 0 Å². The molecule has 1 atom stereocenters. The average molecular weight is 195 g/mol. The van der Waals surface area contributed by atoms with Crippen LogP contribution in [-0.2, 0) is 4.79 Å². The molecule has 0 aromatic heterocycles. The summed E-state index contributed by atoms with van der Waals surface area (Å²) in [7, 11) is 0. The molecular weight excluding hydrogens is 182 g/mol. The smallest absolute Gasteiger partial charge is 0.305 e. The second-order valence-electron chi connectivity index (χ2n) is 2.62. The van der Waals surface area contributed by atoms with Crippen molar-refractivity contribution < 1.29 is 9.90 Å². The third kappa shape index (κ3) is 4.32. The molecule has 76 valence electrons. The molecule has 0 bridgehead atoms. The Morgan fingerprint density at radius 3 is 2.29 bits per heavy atom. The van der Waals surface area contributed by atoms with E-state index < -0.39 is 12.0 Å². The molecule has 0 aliphatic heterocycles. The van der Waals surface area contributed by atoms with Gasteiger partial charge in [0.05, 0.1) is 6.42 Å². The highest BCUT2D eigenvalue weighted by atomic mass is 16.4. The quantitative estimate of drug-likeness (QED) is 0.551. The van der Waals surface area contributed by atoms with Gasteiger partial charge < -0.3 is 10.8 Å². The Kier molecular flexibility index (Phi) is 5.89. The number of hydrogen-bond acceptors (Lipinski definition) is 4. The molecule has 0 aliphatic carbocycles. The Morgan fingerprint density at radius 1 is 1.36 bits per heavy atom. The fraction of sp³-hybridized carbons (Fsp3) is 0.222. The van der Waals surface area contributed by atoms with Crippen LogP contribution in [0.2, 0.25) is 0 Å². The first-order chi connectivity index (χ1) is 6.70. The van der Waals surface area contributed by atoms with Crippen LogP contribution in [0.5, 0.6) is 0 Å². The van der Waals surface area contributed by atoms with Gasteiger partial charge in [-0.2, -0.15) is 0 Å². The van der Waals surface area contributed by atoms with E-state index in [1.807, 2.05) is 30.3 Å². The molecule has 0 saturated carbocycles. The lowest BCUT2D eigenvalue weighted by Gasteiger charge is -2.07. The fourth-order valence-corrected chi connectivity index (χ4v) is 1.01. The van der Waals surface area contributed by atoms with Crippen LogP contribution in [0.1, 0.15) is 18.0 Å². The molecule has 0 aliphatic rings. The van der Waals surface area contributed by atoms with Crippen LogP contribution in [0.15, 0.2) is 30.3 Å². The van der Waals surface area contributed by atoms with Gasteiger partial charge in [0.25, 0.3) is 0 Å². The summed E-state index contributed by atoms with van der Waals surface area (Å²) in [6.45, 7) is 0. The molecule has 0 heterocycles. The van der Waals surface area contributed by atoms with Crippen molar-refractivity contribution in [1.29, 1.82) is 11.1 Å². The lowest BCUT2D eigenvalue weighted by Crippen LogP contribution is -2.14. The molecule has 5 heteroatoms. The minimum absolute atomic E-state index is 0.0238. The lowest BCUT2D eigenvalue weighted by atomic mass is 10.1. The van der Waals surface area contributed by atoms with Gasteiger partial charge in [0.1, 0.15) is 0 Å². The van der Waals surface area contributed by atoms with Gasteiger partial charge in [-0.15, -0.1) is 0 Å². The summed E-state index contributed by atoms with van der Waals surface area (Å²) in [4.78, 5) is 10.3. The topological polar surface area (TPSA) is 111 Å². The van der Waals surface area contributed by atoms with E-state index in [2.05, 4.69) is 0 Å².